The fraction of sp³-hybridized carbons (Fsp3) is 0.625. The Morgan fingerprint density at radius 1 is 1.32 bits per heavy atom. The lowest BCUT2D eigenvalue weighted by atomic mass is 9.88. The highest BCUT2D eigenvalue weighted by molar-refractivity contribution is 5.20. The molecule has 1 fully saturated rings. The first kappa shape index (κ1) is 14.5. The SMILES string of the molecule is CCC1CN(C(CC)c2ccc(F)cc2)CCC1N. The molecule has 1 aromatic rings. The Bertz CT molecular complexity index is 390. The van der Waals surface area contributed by atoms with Crippen molar-refractivity contribution in [1.29, 1.82) is 0 Å². The molecule has 1 aliphatic rings. The van der Waals surface area contributed by atoms with E-state index in [9.17, 15) is 4.39 Å². The molecule has 1 heterocycles. The maximum Gasteiger partial charge on any atom is 0.123 e. The topological polar surface area (TPSA) is 29.3 Å². The van der Waals surface area contributed by atoms with Crippen LogP contribution in [0.25, 0.3) is 0 Å². The van der Waals surface area contributed by atoms with Crippen molar-refractivity contribution in [1.82, 2.24) is 4.90 Å². The molecule has 3 unspecified atom stereocenters. The molecule has 2 nitrogen and oxygen atoms in total. The molecule has 1 saturated heterocycles. The molecular formula is C16H25FN2. The molecule has 0 aliphatic carbocycles. The van der Waals surface area contributed by atoms with E-state index in [2.05, 4.69) is 18.7 Å². The maximum absolute atomic E-state index is 13.0. The van der Waals surface area contributed by atoms with Crippen LogP contribution in [0, 0.1) is 11.7 Å². The molecule has 106 valence electrons. The molecule has 0 spiro atoms. The average molecular weight is 264 g/mol. The van der Waals surface area contributed by atoms with Gasteiger partial charge in [0.1, 0.15) is 5.82 Å². The second kappa shape index (κ2) is 6.49. The van der Waals surface area contributed by atoms with Crippen molar-refractivity contribution in [3.05, 3.63) is 35.6 Å². The van der Waals surface area contributed by atoms with Gasteiger partial charge in [-0.25, -0.2) is 4.39 Å². The lowest BCUT2D eigenvalue weighted by Crippen LogP contribution is -2.47. The van der Waals surface area contributed by atoms with Crippen molar-refractivity contribution < 1.29 is 4.39 Å². The Balaban J connectivity index is 2.11. The van der Waals surface area contributed by atoms with Gasteiger partial charge in [-0.15, -0.1) is 0 Å². The van der Waals surface area contributed by atoms with Crippen molar-refractivity contribution >= 4 is 0 Å². The van der Waals surface area contributed by atoms with Crippen LogP contribution in [0.3, 0.4) is 0 Å². The molecule has 19 heavy (non-hydrogen) atoms. The molecule has 1 aliphatic heterocycles. The van der Waals surface area contributed by atoms with Gasteiger partial charge in [-0.2, -0.15) is 0 Å². The lowest BCUT2D eigenvalue weighted by Gasteiger charge is -2.41. The van der Waals surface area contributed by atoms with Crippen molar-refractivity contribution in [2.45, 2.75) is 45.2 Å². The molecule has 0 saturated carbocycles. The molecule has 0 amide bonds. The minimum absolute atomic E-state index is 0.161. The maximum atomic E-state index is 13.0. The summed E-state index contributed by atoms with van der Waals surface area (Å²) in [6.07, 6.45) is 3.25. The quantitative estimate of drug-likeness (QED) is 0.903. The Morgan fingerprint density at radius 2 is 2.00 bits per heavy atom. The van der Waals surface area contributed by atoms with E-state index in [0.717, 1.165) is 32.4 Å². The van der Waals surface area contributed by atoms with Crippen LogP contribution in [-0.2, 0) is 0 Å². The van der Waals surface area contributed by atoms with Crippen molar-refractivity contribution in [3.63, 3.8) is 0 Å². The first-order valence-corrected chi connectivity index (χ1v) is 7.40. The first-order valence-electron chi connectivity index (χ1n) is 7.40. The Kier molecular flexibility index (Phi) is 4.94. The van der Waals surface area contributed by atoms with Gasteiger partial charge in [0.25, 0.3) is 0 Å². The summed E-state index contributed by atoms with van der Waals surface area (Å²) in [5, 5.41) is 0. The van der Waals surface area contributed by atoms with Gasteiger partial charge in [0.2, 0.25) is 0 Å². The predicted molar refractivity (Wildman–Crippen MR) is 77.4 cm³/mol. The van der Waals surface area contributed by atoms with E-state index in [-0.39, 0.29) is 5.82 Å². The lowest BCUT2D eigenvalue weighted by molar-refractivity contribution is 0.104. The number of hydrogen-bond donors (Lipinski definition) is 1. The molecule has 0 radical (unpaired) electrons. The van der Waals surface area contributed by atoms with Gasteiger partial charge < -0.3 is 5.73 Å². The first-order chi connectivity index (χ1) is 9.15. The molecule has 0 bridgehead atoms. The van der Waals surface area contributed by atoms with Gasteiger partial charge in [0, 0.05) is 25.2 Å². The highest BCUT2D eigenvalue weighted by Gasteiger charge is 2.29. The van der Waals surface area contributed by atoms with E-state index in [4.69, 9.17) is 5.73 Å². The van der Waals surface area contributed by atoms with E-state index in [0.29, 0.717) is 18.0 Å². The molecule has 1 aromatic carbocycles. The van der Waals surface area contributed by atoms with Crippen LogP contribution in [0.5, 0.6) is 0 Å². The zero-order valence-corrected chi connectivity index (χ0v) is 12.0. The number of nitrogens with zero attached hydrogens (tertiary/aromatic N) is 1. The van der Waals surface area contributed by atoms with Gasteiger partial charge in [0.15, 0.2) is 0 Å². The van der Waals surface area contributed by atoms with Crippen LogP contribution in [0.1, 0.15) is 44.7 Å². The predicted octanol–water partition coefficient (Wildman–Crippen LogP) is 3.34. The third-order valence-corrected chi connectivity index (χ3v) is 4.43. The van der Waals surface area contributed by atoms with Crippen LogP contribution in [-0.4, -0.2) is 24.0 Å². The fourth-order valence-electron chi connectivity index (χ4n) is 3.18. The van der Waals surface area contributed by atoms with E-state index in [1.54, 1.807) is 12.1 Å². The van der Waals surface area contributed by atoms with Crippen LogP contribution in [0.4, 0.5) is 4.39 Å². The minimum atomic E-state index is -0.161. The van der Waals surface area contributed by atoms with Crippen LogP contribution >= 0.6 is 0 Å². The van der Waals surface area contributed by atoms with E-state index >= 15 is 0 Å². The summed E-state index contributed by atoms with van der Waals surface area (Å²) < 4.78 is 13.0. The highest BCUT2D eigenvalue weighted by atomic mass is 19.1. The summed E-state index contributed by atoms with van der Waals surface area (Å²) in [6, 6.07) is 7.68. The summed E-state index contributed by atoms with van der Waals surface area (Å²) in [7, 11) is 0. The highest BCUT2D eigenvalue weighted by Crippen LogP contribution is 2.30. The van der Waals surface area contributed by atoms with Gasteiger partial charge in [-0.05, 0) is 36.5 Å². The average Bonchev–Trinajstić information content (AvgIpc) is 2.43. The molecule has 2 N–H and O–H groups in total. The second-order valence-electron chi connectivity index (χ2n) is 5.59. The molecule has 3 atom stereocenters. The number of nitrogens with two attached hydrogens (primary N) is 1. The Labute approximate surface area is 115 Å². The molecule has 2 rings (SSSR count). The number of halogens is 1. The van der Waals surface area contributed by atoms with E-state index < -0.39 is 0 Å². The smallest absolute Gasteiger partial charge is 0.123 e. The summed E-state index contributed by atoms with van der Waals surface area (Å²) in [5.41, 5.74) is 7.39. The van der Waals surface area contributed by atoms with Gasteiger partial charge >= 0.3 is 0 Å². The third kappa shape index (κ3) is 3.34. The monoisotopic (exact) mass is 264 g/mol. The molecular weight excluding hydrogens is 239 g/mol. The molecule has 0 aromatic heterocycles. The number of likely N-dealkylation sites (tertiary alicyclic amines) is 1. The van der Waals surface area contributed by atoms with Crippen molar-refractivity contribution in [3.8, 4) is 0 Å². The largest absolute Gasteiger partial charge is 0.327 e. The zero-order chi connectivity index (χ0) is 13.8. The van der Waals surface area contributed by atoms with Gasteiger partial charge in [0.05, 0.1) is 0 Å². The number of hydrogen-bond acceptors (Lipinski definition) is 2. The van der Waals surface area contributed by atoms with Crippen molar-refractivity contribution in [2.75, 3.05) is 13.1 Å². The summed E-state index contributed by atoms with van der Waals surface area (Å²) in [5.74, 6) is 0.425. The summed E-state index contributed by atoms with van der Waals surface area (Å²) in [4.78, 5) is 2.52. The zero-order valence-electron chi connectivity index (χ0n) is 12.0. The van der Waals surface area contributed by atoms with Crippen LogP contribution in [0.15, 0.2) is 24.3 Å². The van der Waals surface area contributed by atoms with Gasteiger partial charge in [-0.3, -0.25) is 4.90 Å². The summed E-state index contributed by atoms with van der Waals surface area (Å²) in [6.45, 7) is 6.53. The van der Waals surface area contributed by atoms with E-state index in [1.807, 2.05) is 12.1 Å². The van der Waals surface area contributed by atoms with Crippen LogP contribution in [0.2, 0.25) is 0 Å². The number of rotatable bonds is 4. The number of benzene rings is 1. The Morgan fingerprint density at radius 3 is 2.58 bits per heavy atom. The standard InChI is InChI=1S/C16H25FN2/c1-3-12-11-19(10-9-15(12)18)16(4-2)13-5-7-14(17)8-6-13/h5-8,12,15-16H,3-4,9-11,18H2,1-2H3. The number of piperidine rings is 1. The summed E-state index contributed by atoms with van der Waals surface area (Å²) >= 11 is 0. The third-order valence-electron chi connectivity index (χ3n) is 4.43. The van der Waals surface area contributed by atoms with Gasteiger partial charge in [-0.1, -0.05) is 32.4 Å². The fourth-order valence-corrected chi connectivity index (χ4v) is 3.18. The second-order valence-corrected chi connectivity index (χ2v) is 5.59. The minimum Gasteiger partial charge on any atom is -0.327 e. The van der Waals surface area contributed by atoms with Crippen LogP contribution < -0.4 is 5.73 Å². The van der Waals surface area contributed by atoms with E-state index in [1.165, 1.54) is 5.56 Å². The van der Waals surface area contributed by atoms with Crippen molar-refractivity contribution in [2.24, 2.45) is 11.7 Å². The normalized spacial score (nSPS) is 26.3. The Hall–Kier alpha value is -0.930. The molecule has 3 heteroatoms.